The highest BCUT2D eigenvalue weighted by Crippen LogP contribution is 2.66. The summed E-state index contributed by atoms with van der Waals surface area (Å²) >= 11 is 0. The molecule has 1 heterocycles. The fraction of sp³-hybridized carbons (Fsp3) is 0.696. The van der Waals surface area contributed by atoms with Crippen LogP contribution in [0.3, 0.4) is 0 Å². The molecule has 3 aliphatic rings. The first-order chi connectivity index (χ1) is 12.9. The first-order valence-electron chi connectivity index (χ1n) is 10.3. The summed E-state index contributed by atoms with van der Waals surface area (Å²) in [6, 6.07) is 1.94. The summed E-state index contributed by atoms with van der Waals surface area (Å²) in [4.78, 5) is 11.9. The van der Waals surface area contributed by atoms with Crippen LogP contribution < -0.4 is 10.8 Å². The number of aliphatic hydroxyl groups is 2. The number of carbonyl (C=O) groups excluding carboxylic acids is 1. The molecular weight excluding hydrogens is 356 g/mol. The molecule has 28 heavy (non-hydrogen) atoms. The molecule has 2 fully saturated rings. The van der Waals surface area contributed by atoms with Crippen LogP contribution in [0.25, 0.3) is 12.7 Å². The van der Waals surface area contributed by atoms with Crippen LogP contribution in [0.15, 0.2) is 10.5 Å². The maximum absolute atomic E-state index is 12.1. The Morgan fingerprint density at radius 3 is 2.68 bits per heavy atom. The van der Waals surface area contributed by atoms with Crippen LogP contribution in [0, 0.1) is 22.7 Å². The molecule has 0 bridgehead atoms. The van der Waals surface area contributed by atoms with E-state index in [9.17, 15) is 15.0 Å². The van der Waals surface area contributed by atoms with Gasteiger partial charge in [0.25, 0.3) is 0 Å². The van der Waals surface area contributed by atoms with E-state index >= 15 is 0 Å². The van der Waals surface area contributed by atoms with E-state index < -0.39 is 28.6 Å². The SMILES string of the molecule is C=c1cc2c(o1)=CC1C(C(O)CC3(O)C(C)(C)CCC(OC(C)=O)C13C)C2C. The molecular formula is C23H32O5. The molecule has 0 saturated heterocycles. The molecule has 5 nitrogen and oxygen atoms in total. The number of ether oxygens (including phenoxy) is 1. The van der Waals surface area contributed by atoms with E-state index in [-0.39, 0.29) is 30.1 Å². The minimum absolute atomic E-state index is 0.0589. The van der Waals surface area contributed by atoms with Gasteiger partial charge in [0.1, 0.15) is 16.9 Å². The smallest absolute Gasteiger partial charge is 0.302 e. The second-order valence-corrected chi connectivity index (χ2v) is 10.0. The van der Waals surface area contributed by atoms with Crippen molar-refractivity contribution in [3.05, 3.63) is 22.5 Å². The standard InChI is InChI=1S/C23H32O5/c1-12-9-15-13(2)20-16(10-18(15)27-12)22(6)19(28-14(3)24)7-8-21(4,5)23(22,26)11-17(20)25/h9-10,13,16-17,19-20,25-26H,1,7-8,11H2,2-6H3. The topological polar surface area (TPSA) is 79.9 Å². The van der Waals surface area contributed by atoms with E-state index in [0.29, 0.717) is 11.8 Å². The Bertz CT molecular complexity index is 914. The lowest BCUT2D eigenvalue weighted by Gasteiger charge is -2.67. The van der Waals surface area contributed by atoms with E-state index in [0.717, 1.165) is 17.4 Å². The first kappa shape index (κ1) is 19.7. The predicted octanol–water partition coefficient (Wildman–Crippen LogP) is 2.07. The van der Waals surface area contributed by atoms with Gasteiger partial charge < -0.3 is 19.4 Å². The first-order valence-corrected chi connectivity index (χ1v) is 10.3. The van der Waals surface area contributed by atoms with Crippen LogP contribution in [0.2, 0.25) is 0 Å². The number of rotatable bonds is 1. The molecule has 0 radical (unpaired) electrons. The van der Waals surface area contributed by atoms with E-state index in [4.69, 9.17) is 9.15 Å². The molecule has 4 rings (SSSR count). The fourth-order valence-electron chi connectivity index (χ4n) is 6.70. The Labute approximate surface area is 166 Å². The maximum Gasteiger partial charge on any atom is 0.302 e. The molecule has 3 aliphatic carbocycles. The van der Waals surface area contributed by atoms with Crippen LogP contribution in [-0.4, -0.2) is 34.0 Å². The van der Waals surface area contributed by atoms with Crippen LogP contribution in [0.1, 0.15) is 65.4 Å². The zero-order chi connectivity index (χ0) is 20.6. The van der Waals surface area contributed by atoms with Crippen molar-refractivity contribution < 1.29 is 24.2 Å². The summed E-state index contributed by atoms with van der Waals surface area (Å²) in [5.41, 5.74) is 0.0984. The molecule has 7 unspecified atom stereocenters. The molecule has 0 spiro atoms. The lowest BCUT2D eigenvalue weighted by atomic mass is 9.41. The average molecular weight is 389 g/mol. The van der Waals surface area contributed by atoms with Gasteiger partial charge in [-0.05, 0) is 48.2 Å². The van der Waals surface area contributed by atoms with Gasteiger partial charge >= 0.3 is 5.97 Å². The quantitative estimate of drug-likeness (QED) is 0.720. The Balaban J connectivity index is 1.96. The summed E-state index contributed by atoms with van der Waals surface area (Å²) in [5.74, 6) is -0.540. The van der Waals surface area contributed by atoms with Crippen molar-refractivity contribution in [1.29, 1.82) is 0 Å². The largest absolute Gasteiger partial charge is 0.462 e. The highest BCUT2D eigenvalue weighted by molar-refractivity contribution is 5.66. The lowest BCUT2D eigenvalue weighted by molar-refractivity contribution is -0.285. The Kier molecular flexibility index (Phi) is 4.20. The molecule has 5 heteroatoms. The number of aliphatic hydroxyl groups excluding tert-OH is 1. The third-order valence-electron chi connectivity index (χ3n) is 8.32. The second-order valence-electron chi connectivity index (χ2n) is 10.0. The molecule has 2 N–H and O–H groups in total. The molecule has 0 aliphatic heterocycles. The minimum Gasteiger partial charge on any atom is -0.462 e. The summed E-state index contributed by atoms with van der Waals surface area (Å²) in [5, 5.41) is 23.3. The van der Waals surface area contributed by atoms with Crippen LogP contribution in [-0.2, 0) is 9.53 Å². The number of hydrogen-bond acceptors (Lipinski definition) is 5. The number of hydrogen-bond donors (Lipinski definition) is 2. The zero-order valence-electron chi connectivity index (χ0n) is 17.5. The number of carbonyl (C=O) groups is 1. The van der Waals surface area contributed by atoms with Crippen molar-refractivity contribution >= 4 is 18.6 Å². The maximum atomic E-state index is 12.1. The number of furan rings is 1. The monoisotopic (exact) mass is 388 g/mol. The van der Waals surface area contributed by atoms with Gasteiger partial charge in [-0.3, -0.25) is 4.79 Å². The summed E-state index contributed by atoms with van der Waals surface area (Å²) in [6.45, 7) is 13.6. The van der Waals surface area contributed by atoms with Gasteiger partial charge in [0.05, 0.1) is 11.7 Å². The molecule has 2 saturated carbocycles. The van der Waals surface area contributed by atoms with Crippen molar-refractivity contribution in [2.75, 3.05) is 0 Å². The highest BCUT2D eigenvalue weighted by Gasteiger charge is 2.70. The Morgan fingerprint density at radius 2 is 2.04 bits per heavy atom. The molecule has 1 aromatic rings. The average Bonchev–Trinajstić information content (AvgIpc) is 2.95. The van der Waals surface area contributed by atoms with Gasteiger partial charge in [-0.2, -0.15) is 0 Å². The van der Waals surface area contributed by atoms with Crippen LogP contribution in [0.4, 0.5) is 0 Å². The van der Waals surface area contributed by atoms with E-state index in [2.05, 4.69) is 27.4 Å². The van der Waals surface area contributed by atoms with Crippen molar-refractivity contribution in [3.8, 4) is 0 Å². The van der Waals surface area contributed by atoms with Gasteiger partial charge in [0.15, 0.2) is 0 Å². The Morgan fingerprint density at radius 1 is 1.36 bits per heavy atom. The third-order valence-corrected chi connectivity index (χ3v) is 8.32. The minimum atomic E-state index is -1.17. The third kappa shape index (κ3) is 2.35. The van der Waals surface area contributed by atoms with Crippen molar-refractivity contribution in [2.45, 2.75) is 77.6 Å². The zero-order valence-corrected chi connectivity index (χ0v) is 17.5. The molecule has 0 aromatic carbocycles. The number of esters is 1. The fourth-order valence-corrected chi connectivity index (χ4v) is 6.70. The predicted molar refractivity (Wildman–Crippen MR) is 106 cm³/mol. The van der Waals surface area contributed by atoms with Crippen molar-refractivity contribution in [3.63, 3.8) is 0 Å². The summed E-state index contributed by atoms with van der Waals surface area (Å²) in [7, 11) is 0. The van der Waals surface area contributed by atoms with Gasteiger partial charge in [0, 0.05) is 24.3 Å². The molecule has 1 aromatic heterocycles. The van der Waals surface area contributed by atoms with E-state index in [1.54, 1.807) is 0 Å². The molecule has 0 amide bonds. The molecule has 7 atom stereocenters. The van der Waals surface area contributed by atoms with E-state index in [1.165, 1.54) is 6.92 Å². The second kappa shape index (κ2) is 5.96. The molecule has 154 valence electrons. The highest BCUT2D eigenvalue weighted by atomic mass is 16.5. The normalized spacial score (nSPS) is 43.9. The van der Waals surface area contributed by atoms with Crippen LogP contribution in [0.5, 0.6) is 0 Å². The van der Waals surface area contributed by atoms with Gasteiger partial charge in [0.2, 0.25) is 0 Å². The van der Waals surface area contributed by atoms with E-state index in [1.807, 2.05) is 19.1 Å². The van der Waals surface area contributed by atoms with Crippen LogP contribution >= 0.6 is 0 Å². The lowest BCUT2D eigenvalue weighted by Crippen LogP contribution is -2.73. The summed E-state index contributed by atoms with van der Waals surface area (Å²) in [6.07, 6.45) is 2.67. The summed E-state index contributed by atoms with van der Waals surface area (Å²) < 4.78 is 11.6. The number of fused-ring (bicyclic) bond motifs is 4. The van der Waals surface area contributed by atoms with Crippen molar-refractivity contribution in [2.24, 2.45) is 22.7 Å². The van der Waals surface area contributed by atoms with Crippen molar-refractivity contribution in [1.82, 2.24) is 0 Å². The van der Waals surface area contributed by atoms with Gasteiger partial charge in [-0.25, -0.2) is 0 Å². The Hall–Kier alpha value is -1.59. The van der Waals surface area contributed by atoms with Gasteiger partial charge in [-0.15, -0.1) is 0 Å². The van der Waals surface area contributed by atoms with Gasteiger partial charge in [-0.1, -0.05) is 34.3 Å².